The second-order valence-corrected chi connectivity index (χ2v) is 6.81. The summed E-state index contributed by atoms with van der Waals surface area (Å²) in [7, 11) is 0. The molecule has 0 unspecified atom stereocenters. The van der Waals surface area contributed by atoms with Crippen LogP contribution in [-0.2, 0) is 6.54 Å². The van der Waals surface area contributed by atoms with Crippen molar-refractivity contribution in [2.75, 3.05) is 11.5 Å². The SMILES string of the molecule is S=c1[nH]c2cc(Cl)ccc2n1CC1CCSCC1. The van der Waals surface area contributed by atoms with Gasteiger partial charge in [0.25, 0.3) is 0 Å². The first-order valence-corrected chi connectivity index (χ1v) is 8.14. The topological polar surface area (TPSA) is 20.7 Å². The maximum Gasteiger partial charge on any atom is 0.178 e. The molecule has 0 spiro atoms. The van der Waals surface area contributed by atoms with Gasteiger partial charge in [0.05, 0.1) is 11.0 Å². The number of aromatic nitrogens is 2. The van der Waals surface area contributed by atoms with Crippen molar-refractivity contribution in [2.24, 2.45) is 5.92 Å². The van der Waals surface area contributed by atoms with Gasteiger partial charge in [-0.25, -0.2) is 0 Å². The largest absolute Gasteiger partial charge is 0.331 e. The predicted molar refractivity (Wildman–Crippen MR) is 82.2 cm³/mol. The molecule has 1 aliphatic rings. The van der Waals surface area contributed by atoms with Gasteiger partial charge >= 0.3 is 0 Å². The number of fused-ring (bicyclic) bond motifs is 1. The maximum absolute atomic E-state index is 6.01. The number of imidazole rings is 1. The van der Waals surface area contributed by atoms with Crippen molar-refractivity contribution in [3.63, 3.8) is 0 Å². The Labute approximate surface area is 121 Å². The van der Waals surface area contributed by atoms with Gasteiger partial charge in [-0.1, -0.05) is 11.6 Å². The fourth-order valence-electron chi connectivity index (χ4n) is 2.50. The van der Waals surface area contributed by atoms with Crippen LogP contribution in [0.2, 0.25) is 5.02 Å². The molecule has 96 valence electrons. The molecule has 3 rings (SSSR count). The highest BCUT2D eigenvalue weighted by atomic mass is 35.5. The predicted octanol–water partition coefficient (Wildman–Crippen LogP) is 4.50. The molecule has 2 nitrogen and oxygen atoms in total. The quantitative estimate of drug-likeness (QED) is 0.824. The second-order valence-electron chi connectivity index (χ2n) is 4.76. The van der Waals surface area contributed by atoms with Gasteiger partial charge in [0, 0.05) is 11.6 Å². The number of nitrogens with one attached hydrogen (secondary N) is 1. The Morgan fingerprint density at radius 3 is 2.94 bits per heavy atom. The monoisotopic (exact) mass is 298 g/mol. The zero-order chi connectivity index (χ0) is 12.5. The third-order valence-corrected chi connectivity index (χ3v) is 5.12. The van der Waals surface area contributed by atoms with E-state index in [0.29, 0.717) is 0 Å². The average molecular weight is 299 g/mol. The number of H-pyrrole nitrogens is 1. The minimum absolute atomic E-state index is 0.750. The summed E-state index contributed by atoms with van der Waals surface area (Å²) in [5, 5.41) is 0.750. The third-order valence-electron chi connectivity index (χ3n) is 3.52. The first kappa shape index (κ1) is 12.6. The van der Waals surface area contributed by atoms with Crippen LogP contribution in [0.4, 0.5) is 0 Å². The van der Waals surface area contributed by atoms with Crippen LogP contribution >= 0.6 is 35.6 Å². The molecule has 1 N–H and O–H groups in total. The van der Waals surface area contributed by atoms with Crippen LogP contribution in [0.1, 0.15) is 12.8 Å². The number of hydrogen-bond acceptors (Lipinski definition) is 2. The summed E-state index contributed by atoms with van der Waals surface area (Å²) in [5.41, 5.74) is 2.21. The van der Waals surface area contributed by atoms with Crippen molar-refractivity contribution >= 4 is 46.6 Å². The third kappa shape index (κ3) is 2.46. The number of hydrogen-bond donors (Lipinski definition) is 1. The van der Waals surface area contributed by atoms with Crippen LogP contribution in [0.15, 0.2) is 18.2 Å². The van der Waals surface area contributed by atoms with E-state index in [9.17, 15) is 0 Å². The summed E-state index contributed by atoms with van der Waals surface area (Å²) < 4.78 is 3.03. The van der Waals surface area contributed by atoms with Crippen LogP contribution in [0, 0.1) is 10.7 Å². The molecule has 0 saturated carbocycles. The number of nitrogens with zero attached hydrogens (tertiary/aromatic N) is 1. The van der Waals surface area contributed by atoms with E-state index in [-0.39, 0.29) is 0 Å². The molecule has 1 fully saturated rings. The standard InChI is InChI=1S/C13H15ClN2S2/c14-10-1-2-12-11(7-10)15-13(17)16(12)8-9-3-5-18-6-4-9/h1-2,7,9H,3-6,8H2,(H,15,17). The van der Waals surface area contributed by atoms with Crippen molar-refractivity contribution in [3.8, 4) is 0 Å². The highest BCUT2D eigenvalue weighted by Crippen LogP contribution is 2.26. The molecule has 1 aromatic heterocycles. The highest BCUT2D eigenvalue weighted by Gasteiger charge is 2.16. The zero-order valence-corrected chi connectivity index (χ0v) is 12.4. The first-order valence-electron chi connectivity index (χ1n) is 6.20. The summed E-state index contributed by atoms with van der Waals surface area (Å²) in [6, 6.07) is 5.93. The van der Waals surface area contributed by atoms with E-state index < -0.39 is 0 Å². The van der Waals surface area contributed by atoms with E-state index >= 15 is 0 Å². The van der Waals surface area contributed by atoms with Gasteiger partial charge in [0.2, 0.25) is 0 Å². The van der Waals surface area contributed by atoms with Gasteiger partial charge in [0.15, 0.2) is 4.77 Å². The van der Waals surface area contributed by atoms with Crippen LogP contribution < -0.4 is 0 Å². The molecule has 0 atom stereocenters. The Hall–Kier alpha value is -0.450. The normalized spacial score (nSPS) is 17.4. The molecule has 0 radical (unpaired) electrons. The number of benzene rings is 1. The van der Waals surface area contributed by atoms with Crippen LogP contribution in [0.5, 0.6) is 0 Å². The smallest absolute Gasteiger partial charge is 0.178 e. The lowest BCUT2D eigenvalue weighted by atomic mass is 10.0. The van der Waals surface area contributed by atoms with Crippen LogP contribution in [0.3, 0.4) is 0 Å². The Bertz CT molecular complexity index is 611. The molecule has 0 aliphatic carbocycles. The van der Waals surface area contributed by atoms with E-state index in [4.69, 9.17) is 23.8 Å². The minimum Gasteiger partial charge on any atom is -0.331 e. The van der Waals surface area contributed by atoms with Gasteiger partial charge < -0.3 is 9.55 Å². The lowest BCUT2D eigenvalue weighted by molar-refractivity contribution is 0.420. The molecule has 1 aliphatic heterocycles. The maximum atomic E-state index is 6.01. The van der Waals surface area contributed by atoms with E-state index in [1.54, 1.807) is 0 Å². The summed E-state index contributed by atoms with van der Waals surface area (Å²) in [6.45, 7) is 1.03. The van der Waals surface area contributed by atoms with Crippen molar-refractivity contribution in [1.82, 2.24) is 9.55 Å². The van der Waals surface area contributed by atoms with E-state index in [2.05, 4.69) is 27.4 Å². The Morgan fingerprint density at radius 2 is 2.17 bits per heavy atom. The van der Waals surface area contributed by atoms with E-state index in [1.165, 1.54) is 29.9 Å². The van der Waals surface area contributed by atoms with Crippen molar-refractivity contribution in [2.45, 2.75) is 19.4 Å². The van der Waals surface area contributed by atoms with Gasteiger partial charge in [-0.2, -0.15) is 11.8 Å². The van der Waals surface area contributed by atoms with Gasteiger partial charge in [-0.15, -0.1) is 0 Å². The van der Waals surface area contributed by atoms with Gasteiger partial charge in [0.1, 0.15) is 0 Å². The average Bonchev–Trinajstić information content (AvgIpc) is 2.66. The summed E-state index contributed by atoms with van der Waals surface area (Å²) in [4.78, 5) is 3.25. The lowest BCUT2D eigenvalue weighted by Crippen LogP contribution is -2.16. The summed E-state index contributed by atoms with van der Waals surface area (Å²) in [5.74, 6) is 3.32. The molecular weight excluding hydrogens is 284 g/mol. The van der Waals surface area contributed by atoms with Gasteiger partial charge in [-0.3, -0.25) is 0 Å². The lowest BCUT2D eigenvalue weighted by Gasteiger charge is -2.21. The first-order chi connectivity index (χ1) is 8.74. The number of halogens is 1. The van der Waals surface area contributed by atoms with Crippen molar-refractivity contribution in [1.29, 1.82) is 0 Å². The molecule has 1 saturated heterocycles. The Morgan fingerprint density at radius 1 is 1.39 bits per heavy atom. The Balaban J connectivity index is 1.95. The van der Waals surface area contributed by atoms with Crippen LogP contribution in [0.25, 0.3) is 11.0 Å². The van der Waals surface area contributed by atoms with E-state index in [1.807, 2.05) is 12.1 Å². The number of aromatic amines is 1. The molecule has 2 heterocycles. The Kier molecular flexibility index (Phi) is 3.68. The van der Waals surface area contributed by atoms with Crippen LogP contribution in [-0.4, -0.2) is 21.1 Å². The number of thioether (sulfide) groups is 1. The van der Waals surface area contributed by atoms with Crippen molar-refractivity contribution < 1.29 is 0 Å². The fraction of sp³-hybridized carbons (Fsp3) is 0.462. The van der Waals surface area contributed by atoms with Gasteiger partial charge in [-0.05, 0) is 60.7 Å². The molecule has 18 heavy (non-hydrogen) atoms. The summed E-state index contributed by atoms with van der Waals surface area (Å²) >= 11 is 13.5. The minimum atomic E-state index is 0.750. The summed E-state index contributed by atoms with van der Waals surface area (Å²) in [6.07, 6.45) is 2.60. The molecule has 0 bridgehead atoms. The zero-order valence-electron chi connectivity index (χ0n) is 9.99. The second kappa shape index (κ2) is 5.27. The highest BCUT2D eigenvalue weighted by molar-refractivity contribution is 7.99. The molecule has 2 aromatic rings. The number of rotatable bonds is 2. The molecule has 0 amide bonds. The molecule has 5 heteroatoms. The molecule has 1 aromatic carbocycles. The fourth-order valence-corrected chi connectivity index (χ4v) is 4.16. The van der Waals surface area contributed by atoms with Crippen molar-refractivity contribution in [3.05, 3.63) is 28.0 Å². The molecular formula is C13H15ClN2S2. The van der Waals surface area contributed by atoms with E-state index in [0.717, 1.165) is 27.8 Å².